The summed E-state index contributed by atoms with van der Waals surface area (Å²) in [5, 5.41) is 12.9. The quantitative estimate of drug-likeness (QED) is 0.262. The van der Waals surface area contributed by atoms with Gasteiger partial charge in [-0.3, -0.25) is 4.79 Å². The molecular weight excluding hydrogens is 494 g/mol. The molecule has 0 atom stereocenters. The highest BCUT2D eigenvalue weighted by Crippen LogP contribution is 2.32. The minimum Gasteiger partial charge on any atom is -0.507 e. The third-order valence-electron chi connectivity index (χ3n) is 5.69. The van der Waals surface area contributed by atoms with Gasteiger partial charge in [-0.2, -0.15) is 13.2 Å². The zero-order chi connectivity index (χ0) is 25.9. The first kappa shape index (κ1) is 25.3. The zero-order valence-corrected chi connectivity index (χ0v) is 19.5. The summed E-state index contributed by atoms with van der Waals surface area (Å²) in [6.07, 6.45) is -3.91. The first-order valence-electron chi connectivity index (χ1n) is 10.9. The van der Waals surface area contributed by atoms with Crippen LogP contribution in [0.5, 0.6) is 5.75 Å². The zero-order valence-electron chi connectivity index (χ0n) is 18.7. The number of alkyl halides is 3. The van der Waals surface area contributed by atoms with Crippen molar-refractivity contribution in [3.8, 4) is 28.0 Å². The smallest absolute Gasteiger partial charge is 0.416 e. The lowest BCUT2D eigenvalue weighted by molar-refractivity contribution is -0.137. The highest BCUT2D eigenvalue weighted by atomic mass is 35.5. The number of rotatable bonds is 6. The maximum Gasteiger partial charge on any atom is 0.416 e. The van der Waals surface area contributed by atoms with Crippen LogP contribution in [-0.2, 0) is 12.6 Å². The van der Waals surface area contributed by atoms with E-state index in [1.807, 2.05) is 24.3 Å². The van der Waals surface area contributed by atoms with Crippen molar-refractivity contribution >= 4 is 17.5 Å². The van der Waals surface area contributed by atoms with Gasteiger partial charge in [-0.25, -0.2) is 4.39 Å². The molecule has 4 rings (SSSR count). The lowest BCUT2D eigenvalue weighted by Gasteiger charge is -2.11. The van der Waals surface area contributed by atoms with Gasteiger partial charge in [0.05, 0.1) is 16.1 Å². The van der Waals surface area contributed by atoms with E-state index >= 15 is 0 Å². The molecule has 0 aliphatic rings. The molecule has 184 valence electrons. The summed E-state index contributed by atoms with van der Waals surface area (Å²) in [6, 6.07) is 20.9. The molecule has 0 bridgehead atoms. The number of amides is 1. The van der Waals surface area contributed by atoms with Gasteiger partial charge in [0.1, 0.15) is 11.6 Å². The van der Waals surface area contributed by atoms with E-state index in [0.29, 0.717) is 24.1 Å². The van der Waals surface area contributed by atoms with E-state index in [2.05, 4.69) is 5.32 Å². The molecule has 1 amide bonds. The Balaban J connectivity index is 1.39. The van der Waals surface area contributed by atoms with Crippen LogP contribution in [0.15, 0.2) is 84.9 Å². The van der Waals surface area contributed by atoms with Gasteiger partial charge < -0.3 is 10.4 Å². The number of aromatic hydroxyl groups is 1. The van der Waals surface area contributed by atoms with Crippen LogP contribution in [0.3, 0.4) is 0 Å². The van der Waals surface area contributed by atoms with E-state index in [1.54, 1.807) is 12.1 Å². The number of carbonyl (C=O) groups excluding carboxylic acids is 1. The minimum atomic E-state index is -4.44. The molecule has 0 fully saturated rings. The van der Waals surface area contributed by atoms with Gasteiger partial charge in [0.15, 0.2) is 0 Å². The average Bonchev–Trinajstić information content (AvgIpc) is 2.86. The van der Waals surface area contributed by atoms with Crippen molar-refractivity contribution in [2.75, 3.05) is 6.54 Å². The summed E-state index contributed by atoms with van der Waals surface area (Å²) in [5.41, 5.74) is 2.85. The highest BCUT2D eigenvalue weighted by molar-refractivity contribution is 6.31. The molecule has 36 heavy (non-hydrogen) atoms. The van der Waals surface area contributed by atoms with Crippen LogP contribution >= 0.6 is 11.6 Å². The fourth-order valence-electron chi connectivity index (χ4n) is 3.70. The van der Waals surface area contributed by atoms with Crippen molar-refractivity contribution in [3.63, 3.8) is 0 Å². The summed E-state index contributed by atoms with van der Waals surface area (Å²) in [4.78, 5) is 12.7. The number of hydrogen-bond acceptors (Lipinski definition) is 2. The molecule has 0 spiro atoms. The van der Waals surface area contributed by atoms with Gasteiger partial charge in [0.2, 0.25) is 0 Å². The molecule has 0 saturated heterocycles. The van der Waals surface area contributed by atoms with Gasteiger partial charge in [-0.1, -0.05) is 60.1 Å². The predicted molar refractivity (Wildman–Crippen MR) is 131 cm³/mol. The normalized spacial score (nSPS) is 11.4. The predicted octanol–water partition coefficient (Wildman–Crippen LogP) is 7.51. The Morgan fingerprint density at radius 1 is 0.806 bits per heavy atom. The molecule has 0 aliphatic heterocycles. The summed E-state index contributed by atoms with van der Waals surface area (Å²) in [5.74, 6) is -1.21. The van der Waals surface area contributed by atoms with E-state index in [9.17, 15) is 27.5 Å². The average molecular weight is 514 g/mol. The molecule has 4 aromatic rings. The van der Waals surface area contributed by atoms with Gasteiger partial charge in [-0.05, 0) is 70.6 Å². The largest absolute Gasteiger partial charge is 0.507 e. The second-order valence-corrected chi connectivity index (χ2v) is 8.55. The molecular formula is C28H20ClF4NO2. The number of hydrogen-bond donors (Lipinski definition) is 2. The fraction of sp³-hybridized carbons (Fsp3) is 0.107. The van der Waals surface area contributed by atoms with Crippen LogP contribution in [0.4, 0.5) is 17.6 Å². The van der Waals surface area contributed by atoms with E-state index in [-0.39, 0.29) is 16.3 Å². The molecule has 0 aromatic heterocycles. The van der Waals surface area contributed by atoms with Crippen molar-refractivity contribution in [2.45, 2.75) is 12.6 Å². The third-order valence-corrected chi connectivity index (χ3v) is 5.98. The summed E-state index contributed by atoms with van der Waals surface area (Å²) in [6.45, 7) is 0.296. The second kappa shape index (κ2) is 10.4. The summed E-state index contributed by atoms with van der Waals surface area (Å²) < 4.78 is 51.8. The lowest BCUT2D eigenvalue weighted by Crippen LogP contribution is -2.25. The van der Waals surface area contributed by atoms with E-state index < -0.39 is 23.5 Å². The fourth-order valence-corrected chi connectivity index (χ4v) is 3.88. The maximum absolute atomic E-state index is 13.4. The van der Waals surface area contributed by atoms with Crippen molar-refractivity contribution in [2.24, 2.45) is 0 Å². The van der Waals surface area contributed by atoms with Crippen LogP contribution < -0.4 is 5.32 Å². The van der Waals surface area contributed by atoms with Gasteiger partial charge in [0, 0.05) is 6.54 Å². The first-order valence-corrected chi connectivity index (χ1v) is 11.3. The maximum atomic E-state index is 13.4. The van der Waals surface area contributed by atoms with Crippen LogP contribution in [-0.4, -0.2) is 17.6 Å². The Hall–Kier alpha value is -3.84. The van der Waals surface area contributed by atoms with Crippen LogP contribution in [0, 0.1) is 5.82 Å². The Labute approximate surface area is 210 Å². The van der Waals surface area contributed by atoms with Crippen molar-refractivity contribution in [3.05, 3.63) is 112 Å². The van der Waals surface area contributed by atoms with Crippen molar-refractivity contribution < 1.29 is 27.5 Å². The van der Waals surface area contributed by atoms with Crippen molar-refractivity contribution in [1.29, 1.82) is 0 Å². The number of carbonyl (C=O) groups is 1. The Bertz CT molecular complexity index is 1380. The molecule has 2 N–H and O–H groups in total. The molecule has 3 nitrogen and oxygen atoms in total. The number of halogens is 5. The molecule has 8 heteroatoms. The molecule has 0 radical (unpaired) electrons. The number of nitrogens with one attached hydrogen (secondary N) is 1. The minimum absolute atomic E-state index is 0.0240. The van der Waals surface area contributed by atoms with Gasteiger partial charge in [0.25, 0.3) is 5.91 Å². The second-order valence-electron chi connectivity index (χ2n) is 8.14. The third kappa shape index (κ3) is 5.86. The van der Waals surface area contributed by atoms with Crippen LogP contribution in [0.1, 0.15) is 21.5 Å². The van der Waals surface area contributed by atoms with Crippen molar-refractivity contribution in [1.82, 2.24) is 5.32 Å². The number of phenols is 1. The summed E-state index contributed by atoms with van der Waals surface area (Å²) >= 11 is 5.85. The molecule has 0 unspecified atom stereocenters. The molecule has 0 aliphatic carbocycles. The Morgan fingerprint density at radius 3 is 1.97 bits per heavy atom. The first-order chi connectivity index (χ1) is 17.1. The standard InChI is InChI=1S/C28H20ClF4NO2/c29-24-16-21(7-11-25(24)30)18-3-1-17(2-4-18)13-14-34-27(36)23-15-20(8-12-26(23)35)19-5-9-22(10-6-19)28(31,32)33/h1-12,15-16,35H,13-14H2,(H,34,36). The topological polar surface area (TPSA) is 49.3 Å². The Morgan fingerprint density at radius 2 is 1.36 bits per heavy atom. The van der Waals surface area contributed by atoms with Gasteiger partial charge >= 0.3 is 6.18 Å². The highest BCUT2D eigenvalue weighted by Gasteiger charge is 2.30. The SMILES string of the molecule is O=C(NCCc1ccc(-c2ccc(F)c(Cl)c2)cc1)c1cc(-c2ccc(C(F)(F)F)cc2)ccc1O. The number of phenolic OH excluding ortho intramolecular Hbond substituents is 1. The number of benzene rings is 4. The monoisotopic (exact) mass is 513 g/mol. The van der Waals surface area contributed by atoms with E-state index in [1.165, 1.54) is 36.4 Å². The molecule has 0 heterocycles. The molecule has 0 saturated carbocycles. The molecule has 4 aromatic carbocycles. The van der Waals surface area contributed by atoms with Crippen LogP contribution in [0.2, 0.25) is 5.02 Å². The lowest BCUT2D eigenvalue weighted by atomic mass is 10.0. The van der Waals surface area contributed by atoms with Crippen LogP contribution in [0.25, 0.3) is 22.3 Å². The Kier molecular flexibility index (Phi) is 7.31. The van der Waals surface area contributed by atoms with E-state index in [4.69, 9.17) is 11.6 Å². The van der Waals surface area contributed by atoms with Gasteiger partial charge in [-0.15, -0.1) is 0 Å². The summed E-state index contributed by atoms with van der Waals surface area (Å²) in [7, 11) is 0. The van der Waals surface area contributed by atoms with E-state index in [0.717, 1.165) is 28.8 Å².